The highest BCUT2D eigenvalue weighted by atomic mass is 16.6. The molecule has 9 heteroatoms. The minimum atomic E-state index is -0.557. The minimum absolute atomic E-state index is 0.00793. The van der Waals surface area contributed by atoms with E-state index in [0.717, 1.165) is 18.5 Å². The second-order valence-electron chi connectivity index (χ2n) is 8.33. The Bertz CT molecular complexity index is 759. The van der Waals surface area contributed by atoms with Crippen LogP contribution in [-0.4, -0.2) is 68.7 Å². The lowest BCUT2D eigenvalue weighted by atomic mass is 10.0. The first-order valence-corrected chi connectivity index (χ1v) is 9.74. The molecule has 0 unspecified atom stereocenters. The van der Waals surface area contributed by atoms with E-state index in [4.69, 9.17) is 4.74 Å². The molecular weight excluding hydrogens is 362 g/mol. The predicted molar refractivity (Wildman–Crippen MR) is 102 cm³/mol. The molecule has 3 amide bonds. The third kappa shape index (κ3) is 4.45. The Morgan fingerprint density at radius 3 is 2.57 bits per heavy atom. The first-order chi connectivity index (χ1) is 13.2. The number of likely N-dealkylation sites (tertiary alicyclic amines) is 1. The van der Waals surface area contributed by atoms with Crippen LogP contribution in [0.15, 0.2) is 6.20 Å². The van der Waals surface area contributed by atoms with E-state index in [2.05, 4.69) is 10.3 Å². The van der Waals surface area contributed by atoms with Crippen LogP contribution in [0.5, 0.6) is 0 Å². The normalized spacial score (nSPS) is 17.6. The zero-order valence-corrected chi connectivity index (χ0v) is 17.0. The zero-order valence-electron chi connectivity index (χ0n) is 17.0. The predicted octanol–water partition coefficient (Wildman–Crippen LogP) is 1.88. The van der Waals surface area contributed by atoms with Gasteiger partial charge in [-0.2, -0.15) is 0 Å². The van der Waals surface area contributed by atoms with E-state index >= 15 is 0 Å². The highest BCUT2D eigenvalue weighted by Gasteiger charge is 2.36. The number of hydrogen-bond acceptors (Lipinski definition) is 5. The van der Waals surface area contributed by atoms with Crippen LogP contribution >= 0.6 is 0 Å². The van der Waals surface area contributed by atoms with E-state index in [1.807, 2.05) is 11.8 Å². The number of nitrogens with one attached hydrogen (secondary N) is 1. The summed E-state index contributed by atoms with van der Waals surface area (Å²) in [6, 6.07) is 0.118. The number of aryl methyl sites for hydroxylation is 1. The number of carbonyl (C=O) groups excluding carboxylic acids is 3. The standard InChI is InChI=1S/C19H29N5O4/c1-13-21-11-15-12-23(18(27)24(13)15)14-6-9-22(10-7-14)16(25)5-8-20-17(26)28-19(2,3)4/h11,14H,5-10,12H2,1-4H3,(H,20,26). The Morgan fingerprint density at radius 1 is 1.29 bits per heavy atom. The first kappa shape index (κ1) is 20.2. The molecule has 0 radical (unpaired) electrons. The molecule has 3 rings (SSSR count). The third-order valence-corrected chi connectivity index (χ3v) is 5.05. The molecule has 2 aliphatic rings. The Kier molecular flexibility index (Phi) is 5.62. The number of carbonyl (C=O) groups is 3. The lowest BCUT2D eigenvalue weighted by molar-refractivity contribution is -0.132. The summed E-state index contributed by atoms with van der Waals surface area (Å²) < 4.78 is 6.82. The highest BCUT2D eigenvalue weighted by Crippen LogP contribution is 2.26. The van der Waals surface area contributed by atoms with Crippen molar-refractivity contribution in [1.82, 2.24) is 24.7 Å². The van der Waals surface area contributed by atoms with E-state index < -0.39 is 11.7 Å². The summed E-state index contributed by atoms with van der Waals surface area (Å²) in [4.78, 5) is 44.5. The molecule has 154 valence electrons. The number of rotatable bonds is 4. The minimum Gasteiger partial charge on any atom is -0.444 e. The van der Waals surface area contributed by atoms with Crippen LogP contribution in [0.25, 0.3) is 0 Å². The lowest BCUT2D eigenvalue weighted by Gasteiger charge is -2.36. The van der Waals surface area contributed by atoms with E-state index in [0.29, 0.717) is 25.5 Å². The van der Waals surface area contributed by atoms with Crippen molar-refractivity contribution in [1.29, 1.82) is 0 Å². The van der Waals surface area contributed by atoms with Crippen molar-refractivity contribution >= 4 is 18.0 Å². The van der Waals surface area contributed by atoms with Gasteiger partial charge in [0.05, 0.1) is 18.4 Å². The van der Waals surface area contributed by atoms with Gasteiger partial charge in [-0.05, 0) is 40.5 Å². The molecule has 0 saturated carbocycles. The largest absolute Gasteiger partial charge is 0.444 e. The summed E-state index contributed by atoms with van der Waals surface area (Å²) in [6.45, 7) is 9.28. The van der Waals surface area contributed by atoms with Crippen LogP contribution in [0.2, 0.25) is 0 Å². The number of hydrogen-bond donors (Lipinski definition) is 1. The van der Waals surface area contributed by atoms with E-state index in [1.165, 1.54) is 0 Å². The van der Waals surface area contributed by atoms with Crippen LogP contribution in [0.4, 0.5) is 9.59 Å². The molecule has 9 nitrogen and oxygen atoms in total. The molecule has 3 heterocycles. The van der Waals surface area contributed by atoms with Crippen LogP contribution in [0, 0.1) is 6.92 Å². The maximum atomic E-state index is 12.6. The summed E-state index contributed by atoms with van der Waals surface area (Å²) in [5.41, 5.74) is 0.368. The molecule has 28 heavy (non-hydrogen) atoms. The number of aromatic nitrogens is 2. The number of imidazole rings is 1. The van der Waals surface area contributed by atoms with Crippen molar-refractivity contribution in [2.24, 2.45) is 0 Å². The van der Waals surface area contributed by atoms with E-state index in [-0.39, 0.29) is 30.9 Å². The van der Waals surface area contributed by atoms with Crippen molar-refractivity contribution in [3.8, 4) is 0 Å². The average Bonchev–Trinajstić information content (AvgIpc) is 3.14. The molecule has 1 aromatic heterocycles. The van der Waals surface area contributed by atoms with Crippen molar-refractivity contribution in [3.63, 3.8) is 0 Å². The van der Waals surface area contributed by atoms with Gasteiger partial charge in [0.2, 0.25) is 5.91 Å². The van der Waals surface area contributed by atoms with Crippen LogP contribution in [0.1, 0.15) is 51.6 Å². The molecule has 0 bridgehead atoms. The van der Waals surface area contributed by atoms with Crippen molar-refractivity contribution in [2.45, 2.75) is 65.1 Å². The Labute approximate surface area is 165 Å². The number of fused-ring (bicyclic) bond motifs is 1. The quantitative estimate of drug-likeness (QED) is 0.845. The number of nitrogens with zero attached hydrogens (tertiary/aromatic N) is 4. The number of alkyl carbamates (subject to hydrolysis) is 1. The fourth-order valence-electron chi connectivity index (χ4n) is 3.69. The van der Waals surface area contributed by atoms with Crippen molar-refractivity contribution < 1.29 is 19.1 Å². The van der Waals surface area contributed by atoms with Gasteiger partial charge in [-0.1, -0.05) is 0 Å². The molecule has 1 saturated heterocycles. The van der Waals surface area contributed by atoms with Gasteiger partial charge in [-0.15, -0.1) is 0 Å². The summed E-state index contributed by atoms with van der Waals surface area (Å²) in [6.07, 6.45) is 3.00. The highest BCUT2D eigenvalue weighted by molar-refractivity contribution is 5.81. The third-order valence-electron chi connectivity index (χ3n) is 5.05. The fraction of sp³-hybridized carbons (Fsp3) is 0.684. The maximum Gasteiger partial charge on any atom is 0.407 e. The van der Waals surface area contributed by atoms with Gasteiger partial charge < -0.3 is 19.9 Å². The van der Waals surface area contributed by atoms with Crippen LogP contribution in [0.3, 0.4) is 0 Å². The molecule has 1 aromatic rings. The molecular formula is C19H29N5O4. The first-order valence-electron chi connectivity index (χ1n) is 9.74. The van der Waals surface area contributed by atoms with Crippen LogP contribution in [-0.2, 0) is 16.1 Å². The van der Waals surface area contributed by atoms with E-state index in [1.54, 1.807) is 36.4 Å². The number of amides is 3. The van der Waals surface area contributed by atoms with Crippen LogP contribution < -0.4 is 5.32 Å². The van der Waals surface area contributed by atoms with Gasteiger partial charge in [0.15, 0.2) is 0 Å². The average molecular weight is 391 g/mol. The molecule has 0 spiro atoms. The van der Waals surface area contributed by atoms with Crippen molar-refractivity contribution in [3.05, 3.63) is 17.7 Å². The van der Waals surface area contributed by atoms with Crippen molar-refractivity contribution in [2.75, 3.05) is 19.6 Å². The molecule has 0 atom stereocenters. The summed E-state index contributed by atoms with van der Waals surface area (Å²) in [7, 11) is 0. The maximum absolute atomic E-state index is 12.6. The van der Waals surface area contributed by atoms with Gasteiger partial charge in [0.1, 0.15) is 11.4 Å². The zero-order chi connectivity index (χ0) is 20.5. The molecule has 1 fully saturated rings. The number of ether oxygens (including phenoxy) is 1. The summed E-state index contributed by atoms with van der Waals surface area (Å²) in [5, 5.41) is 2.61. The molecule has 0 aromatic carbocycles. The second kappa shape index (κ2) is 7.81. The van der Waals surface area contributed by atoms with Gasteiger partial charge in [-0.3, -0.25) is 9.36 Å². The Morgan fingerprint density at radius 2 is 1.96 bits per heavy atom. The Balaban J connectivity index is 1.41. The monoisotopic (exact) mass is 391 g/mol. The lowest BCUT2D eigenvalue weighted by Crippen LogP contribution is -2.47. The SMILES string of the molecule is Cc1ncc2n1C(=O)N(C1CCN(C(=O)CCNC(=O)OC(C)(C)C)CC1)C2. The van der Waals surface area contributed by atoms with E-state index in [9.17, 15) is 14.4 Å². The topological polar surface area (TPSA) is 96.8 Å². The van der Waals surface area contributed by atoms with Gasteiger partial charge in [-0.25, -0.2) is 14.6 Å². The molecule has 2 aliphatic heterocycles. The Hall–Kier alpha value is -2.58. The summed E-state index contributed by atoms with van der Waals surface area (Å²) >= 11 is 0. The smallest absolute Gasteiger partial charge is 0.407 e. The second-order valence-corrected chi connectivity index (χ2v) is 8.33. The molecule has 1 N–H and O–H groups in total. The summed E-state index contributed by atoms with van der Waals surface area (Å²) in [5.74, 6) is 0.723. The molecule has 0 aliphatic carbocycles. The van der Waals surface area contributed by atoms with Gasteiger partial charge in [0, 0.05) is 32.1 Å². The number of piperidine rings is 1. The van der Waals surface area contributed by atoms with Gasteiger partial charge in [0.25, 0.3) is 0 Å². The fourth-order valence-corrected chi connectivity index (χ4v) is 3.69. The van der Waals surface area contributed by atoms with Gasteiger partial charge >= 0.3 is 12.1 Å².